The van der Waals surface area contributed by atoms with Crippen molar-refractivity contribution >= 4 is 29.9 Å². The molecule has 1 aliphatic carbocycles. The fourth-order valence-corrected chi connectivity index (χ4v) is 3.57. The van der Waals surface area contributed by atoms with E-state index in [0.29, 0.717) is 12.6 Å². The van der Waals surface area contributed by atoms with Gasteiger partial charge in [0.25, 0.3) is 0 Å². The summed E-state index contributed by atoms with van der Waals surface area (Å²) in [6, 6.07) is 13.1. The third-order valence-electron chi connectivity index (χ3n) is 4.97. The first-order valence-corrected chi connectivity index (χ1v) is 9.29. The standard InChI is InChI=1S/C21H24N6.HI/c1-22-21(26-19-9-8-16-5-2-3-6-17(16)13-19)25-14-18-7-4-10-24-20(18)27-12-11-23-15-27;/h2-7,10-12,15,19H,8-9,13-14H2,1H3,(H2,22,25,26);1H. The average molecular weight is 488 g/mol. The fraction of sp³-hybridized carbons (Fsp3) is 0.286. The highest BCUT2D eigenvalue weighted by Crippen LogP contribution is 2.21. The zero-order chi connectivity index (χ0) is 18.5. The number of hydrogen-bond acceptors (Lipinski definition) is 3. The highest BCUT2D eigenvalue weighted by Gasteiger charge is 2.19. The van der Waals surface area contributed by atoms with Crippen LogP contribution in [-0.2, 0) is 19.4 Å². The average Bonchev–Trinajstić information content (AvgIpc) is 3.26. The van der Waals surface area contributed by atoms with Crippen molar-refractivity contribution in [3.05, 3.63) is 78.0 Å². The monoisotopic (exact) mass is 488 g/mol. The molecule has 0 saturated carbocycles. The molecule has 0 fully saturated rings. The van der Waals surface area contributed by atoms with E-state index in [1.54, 1.807) is 18.7 Å². The van der Waals surface area contributed by atoms with Gasteiger partial charge in [-0.25, -0.2) is 9.97 Å². The second kappa shape index (κ2) is 9.68. The van der Waals surface area contributed by atoms with Gasteiger partial charge in [-0.3, -0.25) is 9.56 Å². The predicted octanol–water partition coefficient (Wildman–Crippen LogP) is 3.11. The van der Waals surface area contributed by atoms with Gasteiger partial charge in [-0.2, -0.15) is 0 Å². The molecule has 0 amide bonds. The van der Waals surface area contributed by atoms with E-state index in [0.717, 1.165) is 36.6 Å². The summed E-state index contributed by atoms with van der Waals surface area (Å²) in [5, 5.41) is 6.99. The van der Waals surface area contributed by atoms with E-state index >= 15 is 0 Å². The number of halogens is 1. The van der Waals surface area contributed by atoms with E-state index in [1.165, 1.54) is 11.1 Å². The van der Waals surface area contributed by atoms with Crippen LogP contribution in [0.1, 0.15) is 23.1 Å². The summed E-state index contributed by atoms with van der Waals surface area (Å²) in [4.78, 5) is 13.0. The molecule has 0 spiro atoms. The topological polar surface area (TPSA) is 67.1 Å². The molecule has 1 atom stereocenters. The van der Waals surface area contributed by atoms with Crippen molar-refractivity contribution in [3.8, 4) is 5.82 Å². The zero-order valence-electron chi connectivity index (χ0n) is 15.9. The summed E-state index contributed by atoms with van der Waals surface area (Å²) >= 11 is 0. The minimum atomic E-state index is 0. The lowest BCUT2D eigenvalue weighted by Crippen LogP contribution is -2.45. The molecule has 3 aromatic rings. The number of benzene rings is 1. The Balaban J connectivity index is 0.00000225. The van der Waals surface area contributed by atoms with Crippen LogP contribution in [-0.4, -0.2) is 33.6 Å². The molecule has 4 rings (SSSR count). The quantitative estimate of drug-likeness (QED) is 0.337. The maximum atomic E-state index is 4.49. The number of aromatic nitrogens is 3. The van der Waals surface area contributed by atoms with Gasteiger partial charge >= 0.3 is 0 Å². The normalized spacial score (nSPS) is 16.0. The Morgan fingerprint density at radius 2 is 2.04 bits per heavy atom. The van der Waals surface area contributed by atoms with E-state index in [4.69, 9.17) is 0 Å². The van der Waals surface area contributed by atoms with Crippen LogP contribution >= 0.6 is 24.0 Å². The summed E-state index contributed by atoms with van der Waals surface area (Å²) in [5.74, 6) is 1.70. The molecule has 2 N–H and O–H groups in total. The second-order valence-electron chi connectivity index (χ2n) is 6.73. The van der Waals surface area contributed by atoms with Crippen LogP contribution in [0, 0.1) is 0 Å². The molecular weight excluding hydrogens is 463 g/mol. The molecule has 28 heavy (non-hydrogen) atoms. The summed E-state index contributed by atoms with van der Waals surface area (Å²) in [7, 11) is 1.81. The number of rotatable bonds is 4. The molecule has 0 radical (unpaired) electrons. The molecule has 2 aromatic heterocycles. The molecular formula is C21H25IN6. The Hall–Kier alpha value is -2.42. The van der Waals surface area contributed by atoms with E-state index in [9.17, 15) is 0 Å². The van der Waals surface area contributed by atoms with Crippen LogP contribution in [0.4, 0.5) is 0 Å². The molecule has 146 valence electrons. The van der Waals surface area contributed by atoms with Crippen molar-refractivity contribution in [2.24, 2.45) is 4.99 Å². The first kappa shape index (κ1) is 20.3. The summed E-state index contributed by atoms with van der Waals surface area (Å²) in [5.41, 5.74) is 4.00. The number of nitrogens with zero attached hydrogens (tertiary/aromatic N) is 4. The molecule has 1 unspecified atom stereocenters. The predicted molar refractivity (Wildman–Crippen MR) is 122 cm³/mol. The lowest BCUT2D eigenvalue weighted by molar-refractivity contribution is 0.520. The molecule has 2 heterocycles. The molecule has 1 aliphatic rings. The number of imidazole rings is 1. The van der Waals surface area contributed by atoms with E-state index in [2.05, 4.69) is 55.9 Å². The highest BCUT2D eigenvalue weighted by atomic mass is 127. The molecule has 0 aliphatic heterocycles. The highest BCUT2D eigenvalue weighted by molar-refractivity contribution is 14.0. The van der Waals surface area contributed by atoms with Crippen LogP contribution in [0.15, 0.2) is 66.3 Å². The van der Waals surface area contributed by atoms with Gasteiger partial charge in [0.1, 0.15) is 12.1 Å². The van der Waals surface area contributed by atoms with Crippen molar-refractivity contribution in [1.82, 2.24) is 25.2 Å². The smallest absolute Gasteiger partial charge is 0.191 e. The van der Waals surface area contributed by atoms with Crippen LogP contribution in [0.25, 0.3) is 5.82 Å². The third-order valence-corrected chi connectivity index (χ3v) is 4.97. The Kier molecular flexibility index (Phi) is 7.02. The van der Waals surface area contributed by atoms with E-state index in [1.807, 2.05) is 23.9 Å². The Morgan fingerprint density at radius 1 is 1.18 bits per heavy atom. The molecule has 0 saturated heterocycles. The van der Waals surface area contributed by atoms with Crippen LogP contribution < -0.4 is 10.6 Å². The van der Waals surface area contributed by atoms with Crippen molar-refractivity contribution in [1.29, 1.82) is 0 Å². The lowest BCUT2D eigenvalue weighted by atomic mass is 9.88. The van der Waals surface area contributed by atoms with Gasteiger partial charge in [-0.05, 0) is 36.5 Å². The van der Waals surface area contributed by atoms with Gasteiger partial charge in [-0.15, -0.1) is 24.0 Å². The molecule has 0 bridgehead atoms. The largest absolute Gasteiger partial charge is 0.353 e. The number of pyridine rings is 1. The number of aryl methyl sites for hydroxylation is 1. The Bertz CT molecular complexity index is 922. The fourth-order valence-electron chi connectivity index (χ4n) is 3.57. The van der Waals surface area contributed by atoms with Gasteiger partial charge in [0.05, 0.1) is 0 Å². The minimum Gasteiger partial charge on any atom is -0.353 e. The molecule has 6 nitrogen and oxygen atoms in total. The van der Waals surface area contributed by atoms with E-state index < -0.39 is 0 Å². The van der Waals surface area contributed by atoms with Crippen molar-refractivity contribution in [2.75, 3.05) is 7.05 Å². The SMILES string of the molecule is CN=C(NCc1cccnc1-n1ccnc1)NC1CCc2ccccc2C1.I. The number of nitrogens with one attached hydrogen (secondary N) is 2. The number of hydrogen-bond donors (Lipinski definition) is 2. The van der Waals surface area contributed by atoms with Crippen LogP contribution in [0.5, 0.6) is 0 Å². The number of guanidine groups is 1. The summed E-state index contributed by atoms with van der Waals surface area (Å²) in [6.45, 7) is 0.643. The maximum Gasteiger partial charge on any atom is 0.191 e. The lowest BCUT2D eigenvalue weighted by Gasteiger charge is -2.27. The molecule has 7 heteroatoms. The van der Waals surface area contributed by atoms with Gasteiger partial charge < -0.3 is 10.6 Å². The number of fused-ring (bicyclic) bond motifs is 1. The van der Waals surface area contributed by atoms with Crippen LogP contribution in [0.2, 0.25) is 0 Å². The van der Waals surface area contributed by atoms with Gasteiger partial charge in [0.2, 0.25) is 0 Å². The Labute approximate surface area is 182 Å². The third kappa shape index (κ3) is 4.70. The zero-order valence-corrected chi connectivity index (χ0v) is 18.2. The maximum absolute atomic E-state index is 4.49. The van der Waals surface area contributed by atoms with E-state index in [-0.39, 0.29) is 24.0 Å². The van der Waals surface area contributed by atoms with Gasteiger partial charge in [0, 0.05) is 43.8 Å². The van der Waals surface area contributed by atoms with Crippen molar-refractivity contribution in [2.45, 2.75) is 31.8 Å². The van der Waals surface area contributed by atoms with Crippen LogP contribution in [0.3, 0.4) is 0 Å². The summed E-state index contributed by atoms with van der Waals surface area (Å²) in [6.07, 6.45) is 10.5. The van der Waals surface area contributed by atoms with Crippen molar-refractivity contribution in [3.63, 3.8) is 0 Å². The molecule has 1 aromatic carbocycles. The van der Waals surface area contributed by atoms with Gasteiger partial charge in [-0.1, -0.05) is 30.3 Å². The first-order chi connectivity index (χ1) is 13.3. The van der Waals surface area contributed by atoms with Crippen molar-refractivity contribution < 1.29 is 0 Å². The Morgan fingerprint density at radius 3 is 2.82 bits per heavy atom. The first-order valence-electron chi connectivity index (χ1n) is 9.29. The van der Waals surface area contributed by atoms with Gasteiger partial charge in [0.15, 0.2) is 5.96 Å². The minimum absolute atomic E-state index is 0. The number of aliphatic imine (C=N–C) groups is 1. The summed E-state index contributed by atoms with van der Waals surface area (Å²) < 4.78 is 1.92. The second-order valence-corrected chi connectivity index (χ2v) is 6.73.